The lowest BCUT2D eigenvalue weighted by molar-refractivity contribution is 0.425. The lowest BCUT2D eigenvalue weighted by atomic mass is 9.78. The molecule has 0 aliphatic rings. The fourth-order valence-corrected chi connectivity index (χ4v) is 3.21. The summed E-state index contributed by atoms with van der Waals surface area (Å²) in [5.74, 6) is 1.17. The molecule has 0 saturated carbocycles. The van der Waals surface area contributed by atoms with Gasteiger partial charge in [-0.05, 0) is 12.8 Å². The molecule has 0 unspecified atom stereocenters. The highest BCUT2D eigenvalue weighted by Gasteiger charge is 2.34. The molecule has 0 amide bonds. The van der Waals surface area contributed by atoms with Gasteiger partial charge in [0.05, 0.1) is 5.69 Å². The Hall–Kier alpha value is -0.790. The number of hydrogen-bond donors (Lipinski definition) is 1. The number of imidazole rings is 1. The van der Waals surface area contributed by atoms with Crippen LogP contribution in [0.25, 0.3) is 0 Å². The van der Waals surface area contributed by atoms with Crippen molar-refractivity contribution in [1.82, 2.24) is 9.97 Å². The summed E-state index contributed by atoms with van der Waals surface area (Å²) in [5, 5.41) is 0. The van der Waals surface area contributed by atoms with Crippen LogP contribution in [0.2, 0.25) is 0 Å². The van der Waals surface area contributed by atoms with Crippen LogP contribution in [0, 0.1) is 0 Å². The molecular formula is C20H38N2. The third-order valence-electron chi connectivity index (χ3n) is 4.76. The minimum absolute atomic E-state index is 0.0792. The summed E-state index contributed by atoms with van der Waals surface area (Å²) in [4.78, 5) is 8.84. The molecule has 0 fully saturated rings. The van der Waals surface area contributed by atoms with Gasteiger partial charge in [-0.3, -0.25) is 0 Å². The molecule has 1 heterocycles. The maximum Gasteiger partial charge on any atom is 0.112 e. The van der Waals surface area contributed by atoms with E-state index in [9.17, 15) is 0 Å². The molecule has 1 N–H and O–H groups in total. The number of hydrogen-bond acceptors (Lipinski definition) is 1. The van der Waals surface area contributed by atoms with Crippen molar-refractivity contribution in [3.05, 3.63) is 17.2 Å². The minimum atomic E-state index is 0.0792. The highest BCUT2D eigenvalue weighted by atomic mass is 15.0. The van der Waals surface area contributed by atoms with E-state index >= 15 is 0 Å². The number of rotatable bonds is 7. The van der Waals surface area contributed by atoms with Crippen LogP contribution in [0.4, 0.5) is 0 Å². The maximum absolute atomic E-state index is 5.09. The smallest absolute Gasteiger partial charge is 0.112 e. The van der Waals surface area contributed by atoms with Gasteiger partial charge in [-0.2, -0.15) is 0 Å². The lowest BCUT2D eigenvalue weighted by Crippen LogP contribution is -2.24. The number of nitrogens with zero attached hydrogens (tertiary/aromatic N) is 1. The van der Waals surface area contributed by atoms with Gasteiger partial charge in [-0.25, -0.2) is 4.98 Å². The second-order valence-corrected chi connectivity index (χ2v) is 9.18. The molecule has 1 rings (SSSR count). The minimum Gasteiger partial charge on any atom is -0.345 e. The van der Waals surface area contributed by atoms with E-state index in [0.717, 1.165) is 0 Å². The molecule has 0 aliphatic heterocycles. The monoisotopic (exact) mass is 306 g/mol. The highest BCUT2D eigenvalue weighted by Crippen LogP contribution is 2.38. The highest BCUT2D eigenvalue weighted by molar-refractivity contribution is 5.30. The van der Waals surface area contributed by atoms with Crippen molar-refractivity contribution in [2.45, 2.75) is 111 Å². The van der Waals surface area contributed by atoms with Crippen molar-refractivity contribution in [2.75, 3.05) is 0 Å². The van der Waals surface area contributed by atoms with E-state index in [0.29, 0.717) is 0 Å². The van der Waals surface area contributed by atoms with E-state index < -0.39 is 0 Å². The topological polar surface area (TPSA) is 28.7 Å². The Morgan fingerprint density at radius 3 is 1.86 bits per heavy atom. The standard InChI is InChI=1S/C20H38N2/c1-10-12-14-19(6,7)16-15(18(3,4)5)21-17(22-16)20(8,9)13-11-2/h10-14H2,1-9H3,(H,21,22). The predicted molar refractivity (Wildman–Crippen MR) is 97.8 cm³/mol. The lowest BCUT2D eigenvalue weighted by Gasteiger charge is -2.28. The van der Waals surface area contributed by atoms with E-state index in [2.05, 4.69) is 67.3 Å². The van der Waals surface area contributed by atoms with Gasteiger partial charge in [0.2, 0.25) is 0 Å². The summed E-state index contributed by atoms with van der Waals surface area (Å²) in [6.45, 7) is 20.7. The van der Waals surface area contributed by atoms with E-state index in [1.165, 1.54) is 49.3 Å². The van der Waals surface area contributed by atoms with Crippen LogP contribution < -0.4 is 0 Å². The summed E-state index contributed by atoms with van der Waals surface area (Å²) < 4.78 is 0. The van der Waals surface area contributed by atoms with Crippen molar-refractivity contribution in [3.63, 3.8) is 0 Å². The van der Waals surface area contributed by atoms with Gasteiger partial charge >= 0.3 is 0 Å². The van der Waals surface area contributed by atoms with Crippen LogP contribution in [-0.2, 0) is 16.2 Å². The van der Waals surface area contributed by atoms with Gasteiger partial charge < -0.3 is 4.98 Å². The third kappa shape index (κ3) is 4.36. The van der Waals surface area contributed by atoms with Crippen molar-refractivity contribution in [1.29, 1.82) is 0 Å². The SMILES string of the molecule is CCCCC(C)(C)c1[nH]c(C(C)(C)CCC)nc1C(C)(C)C. The van der Waals surface area contributed by atoms with Crippen LogP contribution in [0.5, 0.6) is 0 Å². The molecule has 0 radical (unpaired) electrons. The number of aromatic amines is 1. The Balaban J connectivity index is 3.34. The molecule has 22 heavy (non-hydrogen) atoms. The quantitative estimate of drug-likeness (QED) is 0.633. The largest absolute Gasteiger partial charge is 0.345 e. The van der Waals surface area contributed by atoms with Crippen molar-refractivity contribution < 1.29 is 0 Å². The molecule has 2 nitrogen and oxygen atoms in total. The normalized spacial score (nSPS) is 13.7. The van der Waals surface area contributed by atoms with Crippen LogP contribution >= 0.6 is 0 Å². The first-order chi connectivity index (χ1) is 9.95. The van der Waals surface area contributed by atoms with Gasteiger partial charge in [0.25, 0.3) is 0 Å². The Kier molecular flexibility index (Phi) is 5.92. The molecule has 0 aliphatic carbocycles. The van der Waals surface area contributed by atoms with E-state index in [4.69, 9.17) is 4.98 Å². The zero-order valence-corrected chi connectivity index (χ0v) is 16.5. The van der Waals surface area contributed by atoms with Gasteiger partial charge in [0.1, 0.15) is 5.82 Å². The van der Waals surface area contributed by atoms with E-state index in [1.54, 1.807) is 0 Å². The summed E-state index contributed by atoms with van der Waals surface area (Å²) in [6.07, 6.45) is 6.08. The molecule has 1 aromatic rings. The maximum atomic E-state index is 5.09. The van der Waals surface area contributed by atoms with E-state index in [-0.39, 0.29) is 16.2 Å². The number of nitrogens with one attached hydrogen (secondary N) is 1. The van der Waals surface area contributed by atoms with E-state index in [1.807, 2.05) is 0 Å². The van der Waals surface area contributed by atoms with Crippen LogP contribution in [-0.4, -0.2) is 9.97 Å². The molecule has 0 saturated heterocycles. The molecule has 0 spiro atoms. The summed E-state index contributed by atoms with van der Waals surface area (Å²) in [5.41, 5.74) is 2.97. The zero-order valence-electron chi connectivity index (χ0n) is 16.5. The van der Waals surface area contributed by atoms with Crippen LogP contribution in [0.15, 0.2) is 0 Å². The van der Waals surface area contributed by atoms with Gasteiger partial charge in [0, 0.05) is 21.9 Å². The Morgan fingerprint density at radius 2 is 1.41 bits per heavy atom. The Morgan fingerprint density at radius 1 is 0.818 bits per heavy atom. The number of H-pyrrole nitrogens is 1. The molecular weight excluding hydrogens is 268 g/mol. The van der Waals surface area contributed by atoms with Gasteiger partial charge in [-0.1, -0.05) is 81.6 Å². The molecule has 0 aromatic carbocycles. The molecule has 0 bridgehead atoms. The first kappa shape index (κ1) is 19.3. The first-order valence-corrected chi connectivity index (χ1v) is 9.07. The molecule has 128 valence electrons. The average molecular weight is 307 g/mol. The van der Waals surface area contributed by atoms with Crippen molar-refractivity contribution in [3.8, 4) is 0 Å². The third-order valence-corrected chi connectivity index (χ3v) is 4.76. The first-order valence-electron chi connectivity index (χ1n) is 9.07. The summed E-state index contributed by atoms with van der Waals surface area (Å²) in [6, 6.07) is 0. The summed E-state index contributed by atoms with van der Waals surface area (Å²) in [7, 11) is 0. The fourth-order valence-electron chi connectivity index (χ4n) is 3.21. The summed E-state index contributed by atoms with van der Waals surface area (Å²) >= 11 is 0. The predicted octanol–water partition coefficient (Wildman–Crippen LogP) is 6.25. The Labute approximate surface area is 138 Å². The fraction of sp³-hybridized carbons (Fsp3) is 0.850. The molecule has 2 heteroatoms. The van der Waals surface area contributed by atoms with Crippen molar-refractivity contribution in [2.24, 2.45) is 0 Å². The number of aromatic nitrogens is 2. The molecule has 1 aromatic heterocycles. The van der Waals surface area contributed by atoms with Crippen LogP contribution in [0.3, 0.4) is 0 Å². The van der Waals surface area contributed by atoms with Gasteiger partial charge in [0.15, 0.2) is 0 Å². The van der Waals surface area contributed by atoms with Crippen molar-refractivity contribution >= 4 is 0 Å². The number of unbranched alkanes of at least 4 members (excludes halogenated alkanes) is 1. The van der Waals surface area contributed by atoms with Crippen LogP contribution in [0.1, 0.15) is 112 Å². The average Bonchev–Trinajstić information content (AvgIpc) is 2.82. The van der Waals surface area contributed by atoms with Gasteiger partial charge in [-0.15, -0.1) is 0 Å². The zero-order chi connectivity index (χ0) is 17.2. The molecule has 0 atom stereocenters. The second kappa shape index (κ2) is 6.76. The second-order valence-electron chi connectivity index (χ2n) is 9.18. The Bertz CT molecular complexity index is 472.